The summed E-state index contributed by atoms with van der Waals surface area (Å²) in [6.07, 6.45) is 8.03. The van der Waals surface area contributed by atoms with Gasteiger partial charge in [0.2, 0.25) is 0 Å². The molecule has 0 aromatic rings. The summed E-state index contributed by atoms with van der Waals surface area (Å²) in [4.78, 5) is 0. The highest BCUT2D eigenvalue weighted by Crippen LogP contribution is 2.02. The standard InChI is InChI=1S/C9H16O/c1-3-6-9(4-2)7-5-8-10/h5-7,10H,3-4,8H2,1-2H3/b7-5-,9-6-. The van der Waals surface area contributed by atoms with Gasteiger partial charge < -0.3 is 5.11 Å². The van der Waals surface area contributed by atoms with Gasteiger partial charge in [-0.15, -0.1) is 0 Å². The number of allylic oxidation sites excluding steroid dienone is 3. The first kappa shape index (κ1) is 9.44. The molecule has 1 nitrogen and oxygen atoms in total. The molecule has 0 heterocycles. The number of hydrogen-bond donors (Lipinski definition) is 1. The molecule has 58 valence electrons. The highest BCUT2D eigenvalue weighted by atomic mass is 16.2. The molecule has 0 aliphatic heterocycles. The lowest BCUT2D eigenvalue weighted by Gasteiger charge is -1.93. The molecule has 0 amide bonds. The molecule has 0 saturated carbocycles. The van der Waals surface area contributed by atoms with Crippen molar-refractivity contribution in [3.63, 3.8) is 0 Å². The molecule has 0 aliphatic rings. The molecule has 0 radical (unpaired) electrons. The Morgan fingerprint density at radius 2 is 2.10 bits per heavy atom. The maximum absolute atomic E-state index is 8.46. The van der Waals surface area contributed by atoms with Crippen LogP contribution >= 0.6 is 0 Å². The van der Waals surface area contributed by atoms with Crippen molar-refractivity contribution < 1.29 is 5.11 Å². The first-order chi connectivity index (χ1) is 4.85. The van der Waals surface area contributed by atoms with Crippen molar-refractivity contribution in [3.05, 3.63) is 23.8 Å². The Balaban J connectivity index is 3.82. The quantitative estimate of drug-likeness (QED) is 0.594. The Bertz CT molecular complexity index is 123. The number of hydrogen-bond acceptors (Lipinski definition) is 1. The van der Waals surface area contributed by atoms with Gasteiger partial charge in [-0.05, 0) is 12.8 Å². The molecule has 0 atom stereocenters. The van der Waals surface area contributed by atoms with Crippen LogP contribution in [0.3, 0.4) is 0 Å². The highest BCUT2D eigenvalue weighted by molar-refractivity contribution is 5.17. The van der Waals surface area contributed by atoms with Gasteiger partial charge in [-0.25, -0.2) is 0 Å². The molecule has 1 heteroatoms. The Hall–Kier alpha value is -0.560. The fourth-order valence-electron chi connectivity index (χ4n) is 0.796. The number of aliphatic hydroxyl groups is 1. The molecule has 0 rings (SSSR count). The summed E-state index contributed by atoms with van der Waals surface area (Å²) in [7, 11) is 0. The predicted molar refractivity (Wildman–Crippen MR) is 44.9 cm³/mol. The van der Waals surface area contributed by atoms with E-state index in [9.17, 15) is 0 Å². The lowest BCUT2D eigenvalue weighted by molar-refractivity contribution is 0.342. The molecule has 0 spiro atoms. The normalized spacial score (nSPS) is 12.9. The smallest absolute Gasteiger partial charge is 0.0615 e. The first-order valence-electron chi connectivity index (χ1n) is 3.81. The van der Waals surface area contributed by atoms with Gasteiger partial charge in [-0.1, -0.05) is 37.6 Å². The number of aliphatic hydroxyl groups excluding tert-OH is 1. The van der Waals surface area contributed by atoms with Crippen molar-refractivity contribution in [3.8, 4) is 0 Å². The van der Waals surface area contributed by atoms with E-state index in [1.165, 1.54) is 5.57 Å². The van der Waals surface area contributed by atoms with Crippen LogP contribution in [0.1, 0.15) is 26.7 Å². The van der Waals surface area contributed by atoms with Gasteiger partial charge in [0.25, 0.3) is 0 Å². The maximum atomic E-state index is 8.46. The molecule has 0 aromatic heterocycles. The van der Waals surface area contributed by atoms with E-state index in [0.717, 1.165) is 12.8 Å². The van der Waals surface area contributed by atoms with Crippen LogP contribution in [0, 0.1) is 0 Å². The zero-order chi connectivity index (χ0) is 7.82. The van der Waals surface area contributed by atoms with Crippen molar-refractivity contribution in [2.75, 3.05) is 6.61 Å². The van der Waals surface area contributed by atoms with Crippen molar-refractivity contribution >= 4 is 0 Å². The minimum absolute atomic E-state index is 0.140. The zero-order valence-electron chi connectivity index (χ0n) is 6.80. The van der Waals surface area contributed by atoms with Crippen LogP contribution in [0.4, 0.5) is 0 Å². The van der Waals surface area contributed by atoms with Gasteiger partial charge in [0.15, 0.2) is 0 Å². The molecule has 0 bridgehead atoms. The van der Waals surface area contributed by atoms with Crippen LogP contribution < -0.4 is 0 Å². The van der Waals surface area contributed by atoms with Crippen molar-refractivity contribution in [1.82, 2.24) is 0 Å². The second-order valence-corrected chi connectivity index (χ2v) is 2.13. The lowest BCUT2D eigenvalue weighted by Crippen LogP contribution is -1.76. The SMILES string of the molecule is CC/C=C(\C=C/CO)CC. The van der Waals surface area contributed by atoms with E-state index < -0.39 is 0 Å². The van der Waals surface area contributed by atoms with Gasteiger partial charge >= 0.3 is 0 Å². The summed E-state index contributed by atoms with van der Waals surface area (Å²) in [5.41, 5.74) is 1.30. The third-order valence-electron chi connectivity index (χ3n) is 1.31. The average molecular weight is 140 g/mol. The van der Waals surface area contributed by atoms with Gasteiger partial charge in [0.1, 0.15) is 0 Å². The second kappa shape index (κ2) is 6.56. The van der Waals surface area contributed by atoms with E-state index in [4.69, 9.17) is 5.11 Å². The Morgan fingerprint density at radius 3 is 2.50 bits per heavy atom. The van der Waals surface area contributed by atoms with Crippen molar-refractivity contribution in [1.29, 1.82) is 0 Å². The third-order valence-corrected chi connectivity index (χ3v) is 1.31. The average Bonchev–Trinajstić information content (AvgIpc) is 1.98. The third kappa shape index (κ3) is 4.33. The molecular formula is C9H16O. The largest absolute Gasteiger partial charge is 0.392 e. The van der Waals surface area contributed by atoms with Crippen LogP contribution in [0.25, 0.3) is 0 Å². The summed E-state index contributed by atoms with van der Waals surface area (Å²) in [5, 5.41) is 8.46. The van der Waals surface area contributed by atoms with Gasteiger partial charge in [0.05, 0.1) is 6.61 Å². The lowest BCUT2D eigenvalue weighted by atomic mass is 10.1. The van der Waals surface area contributed by atoms with Crippen LogP contribution in [0.2, 0.25) is 0 Å². The zero-order valence-corrected chi connectivity index (χ0v) is 6.80. The molecule has 0 aromatic carbocycles. The van der Waals surface area contributed by atoms with Gasteiger partial charge in [-0.3, -0.25) is 0 Å². The topological polar surface area (TPSA) is 20.2 Å². The van der Waals surface area contributed by atoms with E-state index in [0.29, 0.717) is 0 Å². The van der Waals surface area contributed by atoms with Gasteiger partial charge in [0, 0.05) is 0 Å². The molecule has 0 aliphatic carbocycles. The van der Waals surface area contributed by atoms with E-state index in [1.807, 2.05) is 6.08 Å². The predicted octanol–water partition coefficient (Wildman–Crippen LogP) is 2.28. The number of rotatable bonds is 4. The van der Waals surface area contributed by atoms with Crippen LogP contribution in [-0.4, -0.2) is 11.7 Å². The Kier molecular flexibility index (Phi) is 6.19. The Labute approximate surface area is 63.1 Å². The van der Waals surface area contributed by atoms with Crippen LogP contribution in [-0.2, 0) is 0 Å². The summed E-state index contributed by atoms with van der Waals surface area (Å²) >= 11 is 0. The maximum Gasteiger partial charge on any atom is 0.0615 e. The summed E-state index contributed by atoms with van der Waals surface area (Å²) in [5.74, 6) is 0. The first-order valence-corrected chi connectivity index (χ1v) is 3.81. The minimum Gasteiger partial charge on any atom is -0.392 e. The fraction of sp³-hybridized carbons (Fsp3) is 0.556. The van der Waals surface area contributed by atoms with E-state index >= 15 is 0 Å². The Morgan fingerprint density at radius 1 is 1.40 bits per heavy atom. The molecular weight excluding hydrogens is 124 g/mol. The van der Waals surface area contributed by atoms with Crippen molar-refractivity contribution in [2.45, 2.75) is 26.7 Å². The van der Waals surface area contributed by atoms with Crippen LogP contribution in [0.15, 0.2) is 23.8 Å². The van der Waals surface area contributed by atoms with E-state index in [2.05, 4.69) is 19.9 Å². The van der Waals surface area contributed by atoms with Gasteiger partial charge in [-0.2, -0.15) is 0 Å². The molecule has 0 unspecified atom stereocenters. The molecule has 0 fully saturated rings. The highest BCUT2D eigenvalue weighted by Gasteiger charge is 1.83. The fourth-order valence-corrected chi connectivity index (χ4v) is 0.796. The summed E-state index contributed by atoms with van der Waals surface area (Å²) in [6, 6.07) is 0. The van der Waals surface area contributed by atoms with Crippen molar-refractivity contribution in [2.24, 2.45) is 0 Å². The second-order valence-electron chi connectivity index (χ2n) is 2.13. The van der Waals surface area contributed by atoms with E-state index in [-0.39, 0.29) is 6.61 Å². The van der Waals surface area contributed by atoms with Crippen LogP contribution in [0.5, 0.6) is 0 Å². The monoisotopic (exact) mass is 140 g/mol. The molecule has 10 heavy (non-hydrogen) atoms. The van der Waals surface area contributed by atoms with E-state index in [1.54, 1.807) is 6.08 Å². The summed E-state index contributed by atoms with van der Waals surface area (Å²) in [6.45, 7) is 4.37. The molecule has 0 saturated heterocycles. The summed E-state index contributed by atoms with van der Waals surface area (Å²) < 4.78 is 0. The minimum atomic E-state index is 0.140. The molecule has 1 N–H and O–H groups in total.